The number of nitrogens with one attached hydrogen (secondary N) is 1. The number of nitrogen functional groups attached to an aromatic ring is 1. The number of ether oxygens (including phenoxy) is 1. The summed E-state index contributed by atoms with van der Waals surface area (Å²) in [5, 5.41) is 21.1. The number of hydrogen-bond donors (Lipinski definition) is 3. The van der Waals surface area contributed by atoms with Gasteiger partial charge >= 0.3 is 5.69 Å². The number of anilines is 2. The fourth-order valence-corrected chi connectivity index (χ4v) is 1.55. The number of aliphatic hydroxyl groups is 1. The molecule has 2 aromatic heterocycles. The summed E-state index contributed by atoms with van der Waals surface area (Å²) in [4.78, 5) is 17.4. The number of rotatable bonds is 5. The molecule has 0 amide bonds. The van der Waals surface area contributed by atoms with Gasteiger partial charge in [-0.05, 0) is 26.8 Å². The lowest BCUT2D eigenvalue weighted by molar-refractivity contribution is -0.386. The van der Waals surface area contributed by atoms with Gasteiger partial charge in [-0.2, -0.15) is 0 Å². The average Bonchev–Trinajstić information content (AvgIpc) is 2.59. The Morgan fingerprint density at radius 2 is 1.81 bits per heavy atom. The third kappa shape index (κ3) is 10.0. The number of aliphatic hydroxyl groups excluding tert-OH is 1. The molecule has 0 saturated carbocycles. The van der Waals surface area contributed by atoms with Gasteiger partial charge in [-0.25, -0.2) is 0 Å². The van der Waals surface area contributed by atoms with Crippen molar-refractivity contribution in [2.75, 3.05) is 30.8 Å². The average molecular weight is 367 g/mol. The molecule has 0 aromatic carbocycles. The van der Waals surface area contributed by atoms with Crippen molar-refractivity contribution in [2.45, 2.75) is 28.2 Å². The van der Waals surface area contributed by atoms with E-state index in [0.29, 0.717) is 12.3 Å². The Hall–Kier alpha value is -2.94. The van der Waals surface area contributed by atoms with E-state index in [2.05, 4.69) is 15.3 Å². The maximum absolute atomic E-state index is 10.4. The van der Waals surface area contributed by atoms with E-state index in [4.69, 9.17) is 15.6 Å². The molecule has 0 saturated heterocycles. The normalized spacial score (nSPS) is 8.62. The van der Waals surface area contributed by atoms with Crippen LogP contribution in [0.4, 0.5) is 17.1 Å². The maximum atomic E-state index is 10.4. The Bertz CT molecular complexity index is 626. The first-order valence-electron chi connectivity index (χ1n) is 7.77. The largest absolute Gasteiger partial charge is 0.487 e. The molecule has 0 unspecified atom stereocenters. The molecule has 0 aliphatic carbocycles. The molecule has 0 fully saturated rings. The molecular formula is C17H29N5O4. The number of nitro groups is 1. The van der Waals surface area contributed by atoms with Gasteiger partial charge in [-0.1, -0.05) is 7.43 Å². The van der Waals surface area contributed by atoms with E-state index < -0.39 is 4.92 Å². The SMILES string of the molecule is C.CCNc1ccncc1N.CCO.CCOc1ccncc1[N+](=O)[O-]. The minimum absolute atomic E-state index is 0. The minimum Gasteiger partial charge on any atom is -0.487 e. The summed E-state index contributed by atoms with van der Waals surface area (Å²) in [5.41, 5.74) is 7.14. The van der Waals surface area contributed by atoms with Gasteiger partial charge in [0, 0.05) is 31.6 Å². The molecule has 4 N–H and O–H groups in total. The summed E-state index contributed by atoms with van der Waals surface area (Å²) in [7, 11) is 0. The first kappa shape index (κ1) is 25.3. The number of pyridine rings is 2. The van der Waals surface area contributed by atoms with E-state index >= 15 is 0 Å². The molecule has 0 radical (unpaired) electrons. The number of aromatic nitrogens is 2. The van der Waals surface area contributed by atoms with Crippen molar-refractivity contribution in [3.8, 4) is 5.75 Å². The van der Waals surface area contributed by atoms with Crippen LogP contribution < -0.4 is 15.8 Å². The zero-order valence-corrected chi connectivity index (χ0v) is 14.7. The molecule has 0 bridgehead atoms. The first-order valence-corrected chi connectivity index (χ1v) is 7.77. The van der Waals surface area contributed by atoms with E-state index in [-0.39, 0.29) is 25.5 Å². The molecule has 9 heteroatoms. The molecule has 2 aromatic rings. The molecule has 0 spiro atoms. The topological polar surface area (TPSA) is 136 Å². The molecule has 0 atom stereocenters. The van der Waals surface area contributed by atoms with Crippen LogP contribution in [0, 0.1) is 10.1 Å². The number of hydrogen-bond acceptors (Lipinski definition) is 8. The second kappa shape index (κ2) is 15.6. The van der Waals surface area contributed by atoms with Crippen LogP contribution in [0.5, 0.6) is 5.75 Å². The molecule has 146 valence electrons. The third-order valence-corrected chi connectivity index (χ3v) is 2.48. The summed E-state index contributed by atoms with van der Waals surface area (Å²) in [5.74, 6) is 0.262. The molecule has 2 rings (SSSR count). The molecule has 0 aliphatic rings. The highest BCUT2D eigenvalue weighted by molar-refractivity contribution is 5.63. The van der Waals surface area contributed by atoms with Gasteiger partial charge in [0.05, 0.1) is 29.1 Å². The van der Waals surface area contributed by atoms with Crippen LogP contribution in [-0.4, -0.2) is 39.8 Å². The second-order valence-corrected chi connectivity index (χ2v) is 4.34. The van der Waals surface area contributed by atoms with Gasteiger partial charge in [-0.15, -0.1) is 0 Å². The summed E-state index contributed by atoms with van der Waals surface area (Å²) < 4.78 is 5.02. The monoisotopic (exact) mass is 367 g/mol. The zero-order valence-electron chi connectivity index (χ0n) is 14.7. The van der Waals surface area contributed by atoms with Crippen LogP contribution in [0.25, 0.3) is 0 Å². The fourth-order valence-electron chi connectivity index (χ4n) is 1.55. The Morgan fingerprint density at radius 3 is 2.31 bits per heavy atom. The van der Waals surface area contributed by atoms with Crippen molar-refractivity contribution in [1.82, 2.24) is 9.97 Å². The highest BCUT2D eigenvalue weighted by Gasteiger charge is 2.13. The van der Waals surface area contributed by atoms with Crippen LogP contribution in [0.15, 0.2) is 36.9 Å². The first-order chi connectivity index (χ1) is 12.0. The minimum atomic E-state index is -0.516. The Labute approximate surface area is 154 Å². The Morgan fingerprint density at radius 1 is 1.23 bits per heavy atom. The predicted octanol–water partition coefficient (Wildman–Crippen LogP) is 3.12. The van der Waals surface area contributed by atoms with Crippen molar-refractivity contribution in [1.29, 1.82) is 0 Å². The van der Waals surface area contributed by atoms with Gasteiger partial charge in [0.15, 0.2) is 5.75 Å². The summed E-state index contributed by atoms with van der Waals surface area (Å²) in [6, 6.07) is 3.33. The molecule has 2 heterocycles. The van der Waals surface area contributed by atoms with Crippen molar-refractivity contribution in [3.05, 3.63) is 47.0 Å². The standard InChI is InChI=1S/C7H11N3.C7H8N2O3.C2H6O.CH4/c1-2-10-7-3-4-9-5-6(7)8;1-2-12-7-3-4-8-5-6(7)9(10)11;1-2-3;/h3-5H,2,8H2,1H3,(H,9,10);3-5H,2H2,1H3;3H,2H2,1H3;1H4. The lowest BCUT2D eigenvalue weighted by atomic mass is 10.3. The molecule has 26 heavy (non-hydrogen) atoms. The summed E-state index contributed by atoms with van der Waals surface area (Å²) in [6.45, 7) is 7.02. The quantitative estimate of drug-likeness (QED) is 0.541. The molecule has 9 nitrogen and oxygen atoms in total. The van der Waals surface area contributed by atoms with Crippen molar-refractivity contribution in [2.24, 2.45) is 0 Å². The van der Waals surface area contributed by atoms with Crippen LogP contribution in [-0.2, 0) is 0 Å². The summed E-state index contributed by atoms with van der Waals surface area (Å²) >= 11 is 0. The van der Waals surface area contributed by atoms with Crippen LogP contribution in [0.2, 0.25) is 0 Å². The van der Waals surface area contributed by atoms with E-state index in [1.165, 1.54) is 18.5 Å². The smallest absolute Gasteiger partial charge is 0.329 e. The Kier molecular flexibility index (Phi) is 15.2. The predicted molar refractivity (Wildman–Crippen MR) is 104 cm³/mol. The lowest BCUT2D eigenvalue weighted by Gasteiger charge is -2.03. The van der Waals surface area contributed by atoms with E-state index in [9.17, 15) is 10.1 Å². The fraction of sp³-hybridized carbons (Fsp3) is 0.412. The lowest BCUT2D eigenvalue weighted by Crippen LogP contribution is -2.00. The van der Waals surface area contributed by atoms with Crippen molar-refractivity contribution < 1.29 is 14.8 Å². The Balaban J connectivity index is 0. The summed E-state index contributed by atoms with van der Waals surface area (Å²) in [6.07, 6.45) is 5.98. The van der Waals surface area contributed by atoms with Crippen molar-refractivity contribution in [3.63, 3.8) is 0 Å². The number of nitrogens with two attached hydrogens (primary N) is 1. The van der Waals surface area contributed by atoms with E-state index in [1.807, 2.05) is 13.0 Å². The highest BCUT2D eigenvalue weighted by atomic mass is 16.6. The van der Waals surface area contributed by atoms with Crippen molar-refractivity contribution >= 4 is 17.1 Å². The second-order valence-electron chi connectivity index (χ2n) is 4.34. The van der Waals surface area contributed by atoms with Gasteiger partial charge in [0.25, 0.3) is 0 Å². The number of nitrogens with zero attached hydrogens (tertiary/aromatic N) is 3. The maximum Gasteiger partial charge on any atom is 0.329 e. The van der Waals surface area contributed by atoms with Gasteiger partial charge in [-0.3, -0.25) is 20.1 Å². The van der Waals surface area contributed by atoms with E-state index in [0.717, 1.165) is 12.2 Å². The third-order valence-electron chi connectivity index (χ3n) is 2.48. The van der Waals surface area contributed by atoms with Gasteiger partial charge in [0.1, 0.15) is 6.20 Å². The van der Waals surface area contributed by atoms with Crippen LogP contribution in [0.1, 0.15) is 28.2 Å². The van der Waals surface area contributed by atoms with E-state index in [1.54, 1.807) is 26.2 Å². The van der Waals surface area contributed by atoms with Gasteiger partial charge < -0.3 is 20.9 Å². The highest BCUT2D eigenvalue weighted by Crippen LogP contribution is 2.24. The zero-order chi connectivity index (χ0) is 19.1. The van der Waals surface area contributed by atoms with Crippen LogP contribution >= 0.6 is 0 Å². The molecular weight excluding hydrogens is 338 g/mol. The van der Waals surface area contributed by atoms with Gasteiger partial charge in [0.2, 0.25) is 0 Å². The molecule has 0 aliphatic heterocycles. The van der Waals surface area contributed by atoms with Crippen LogP contribution in [0.3, 0.4) is 0 Å².